The average Bonchev–Trinajstić information content (AvgIpc) is 3.14. The number of aryl methyl sites for hydroxylation is 1. The van der Waals surface area contributed by atoms with Gasteiger partial charge in [0.15, 0.2) is 0 Å². The van der Waals surface area contributed by atoms with Crippen molar-refractivity contribution in [1.82, 2.24) is 0 Å². The number of hydrogen-bond donors (Lipinski definition) is 0. The molecule has 4 atom stereocenters. The average molecular weight is 200 g/mol. The van der Waals surface area contributed by atoms with Crippen molar-refractivity contribution >= 4 is 0 Å². The molecule has 15 heavy (non-hydrogen) atoms. The zero-order chi connectivity index (χ0) is 10.6. The van der Waals surface area contributed by atoms with Crippen molar-refractivity contribution in [1.29, 1.82) is 0 Å². The zero-order valence-electron chi connectivity index (χ0n) is 9.96. The molecule has 2 aliphatic rings. The smallest absolute Gasteiger partial charge is 0.00469 e. The molecule has 0 N–H and O–H groups in total. The van der Waals surface area contributed by atoms with Crippen LogP contribution in [0.4, 0.5) is 0 Å². The second-order valence-corrected chi connectivity index (χ2v) is 5.31. The molecule has 0 aromatic heterocycles. The van der Waals surface area contributed by atoms with Crippen LogP contribution in [0.25, 0.3) is 0 Å². The van der Waals surface area contributed by atoms with Gasteiger partial charge in [0.1, 0.15) is 0 Å². The molecule has 3 unspecified atom stereocenters. The lowest BCUT2D eigenvalue weighted by Crippen LogP contribution is -2.10. The molecule has 0 saturated heterocycles. The highest BCUT2D eigenvalue weighted by molar-refractivity contribution is 5.49. The Balaban J connectivity index is 1.88. The maximum Gasteiger partial charge on any atom is 0.00469 e. The minimum Gasteiger partial charge on any atom is -0.0651 e. The first kappa shape index (κ1) is 9.45. The highest BCUT2D eigenvalue weighted by Crippen LogP contribution is 2.84. The van der Waals surface area contributed by atoms with E-state index in [1.807, 2.05) is 0 Å². The lowest BCUT2D eigenvalue weighted by Gasteiger charge is -2.15. The van der Waals surface area contributed by atoms with Gasteiger partial charge in [0.2, 0.25) is 0 Å². The molecule has 0 spiro atoms. The number of rotatable bonds is 3. The predicted octanol–water partition coefficient (Wildman–Crippen LogP) is 3.79. The monoisotopic (exact) mass is 200 g/mol. The molecule has 0 bridgehead atoms. The first-order chi connectivity index (χ1) is 7.26. The Kier molecular flexibility index (Phi) is 1.81. The van der Waals surface area contributed by atoms with E-state index in [-0.39, 0.29) is 0 Å². The van der Waals surface area contributed by atoms with E-state index in [4.69, 9.17) is 0 Å². The molecular formula is C15H20. The fourth-order valence-electron chi connectivity index (χ4n) is 3.99. The van der Waals surface area contributed by atoms with Crippen LogP contribution < -0.4 is 0 Å². The molecule has 0 aliphatic heterocycles. The third-order valence-electron chi connectivity index (χ3n) is 4.97. The second-order valence-electron chi connectivity index (χ2n) is 5.31. The van der Waals surface area contributed by atoms with Crippen LogP contribution >= 0.6 is 0 Å². The summed E-state index contributed by atoms with van der Waals surface area (Å²) in [6, 6.07) is 9.39. The topological polar surface area (TPSA) is 0 Å². The summed E-state index contributed by atoms with van der Waals surface area (Å²) in [6.45, 7) is 6.98. The first-order valence-electron chi connectivity index (χ1n) is 6.36. The molecule has 0 radical (unpaired) electrons. The van der Waals surface area contributed by atoms with Gasteiger partial charge in [-0.25, -0.2) is 0 Å². The molecule has 0 amide bonds. The van der Waals surface area contributed by atoms with Gasteiger partial charge in [-0.1, -0.05) is 51.5 Å². The summed E-state index contributed by atoms with van der Waals surface area (Å²) in [6.07, 6.45) is 2.52. The lowest BCUT2D eigenvalue weighted by molar-refractivity contribution is 0.455. The third-order valence-corrected chi connectivity index (χ3v) is 4.97. The van der Waals surface area contributed by atoms with Crippen LogP contribution in [-0.2, 0) is 11.8 Å². The summed E-state index contributed by atoms with van der Waals surface area (Å²) >= 11 is 0. The Morgan fingerprint density at radius 2 is 1.80 bits per heavy atom. The number of benzene rings is 1. The van der Waals surface area contributed by atoms with Crippen molar-refractivity contribution in [2.24, 2.45) is 17.8 Å². The van der Waals surface area contributed by atoms with E-state index in [0.717, 1.165) is 24.2 Å². The first-order valence-corrected chi connectivity index (χ1v) is 6.36. The van der Waals surface area contributed by atoms with Crippen LogP contribution in [0.3, 0.4) is 0 Å². The molecule has 2 fully saturated rings. The predicted molar refractivity (Wildman–Crippen MR) is 63.9 cm³/mol. The highest BCUT2D eigenvalue weighted by Gasteiger charge is 2.83. The number of hydrogen-bond acceptors (Lipinski definition) is 0. The van der Waals surface area contributed by atoms with Crippen molar-refractivity contribution in [2.75, 3.05) is 0 Å². The zero-order valence-corrected chi connectivity index (χ0v) is 9.96. The SMILES string of the molecule is CCc1ccc(C23C(C)C2[C@H]3CC)cc1. The molecule has 2 saturated carbocycles. The van der Waals surface area contributed by atoms with E-state index in [2.05, 4.69) is 45.0 Å². The van der Waals surface area contributed by atoms with E-state index < -0.39 is 0 Å². The third kappa shape index (κ3) is 0.979. The van der Waals surface area contributed by atoms with Gasteiger partial charge in [-0.2, -0.15) is 0 Å². The summed E-state index contributed by atoms with van der Waals surface area (Å²) in [5.74, 6) is 2.98. The van der Waals surface area contributed by atoms with Gasteiger partial charge < -0.3 is 0 Å². The van der Waals surface area contributed by atoms with Gasteiger partial charge in [0.25, 0.3) is 0 Å². The van der Waals surface area contributed by atoms with Crippen molar-refractivity contribution < 1.29 is 0 Å². The van der Waals surface area contributed by atoms with Crippen LogP contribution in [0.1, 0.15) is 38.3 Å². The minimum absolute atomic E-state index is 0.626. The van der Waals surface area contributed by atoms with Gasteiger partial charge in [0, 0.05) is 5.41 Å². The Labute approximate surface area is 92.7 Å². The van der Waals surface area contributed by atoms with E-state index >= 15 is 0 Å². The Hall–Kier alpha value is -0.780. The lowest BCUT2D eigenvalue weighted by atomic mass is 9.89. The maximum atomic E-state index is 2.42. The Morgan fingerprint density at radius 1 is 1.13 bits per heavy atom. The van der Waals surface area contributed by atoms with Crippen LogP contribution in [0.15, 0.2) is 24.3 Å². The second kappa shape index (κ2) is 2.87. The van der Waals surface area contributed by atoms with Crippen molar-refractivity contribution in [3.8, 4) is 0 Å². The van der Waals surface area contributed by atoms with Crippen molar-refractivity contribution in [3.63, 3.8) is 0 Å². The Morgan fingerprint density at radius 3 is 2.20 bits per heavy atom. The fraction of sp³-hybridized carbons (Fsp3) is 0.600. The van der Waals surface area contributed by atoms with Crippen LogP contribution in [0.5, 0.6) is 0 Å². The summed E-state index contributed by atoms with van der Waals surface area (Å²) in [7, 11) is 0. The van der Waals surface area contributed by atoms with Crippen LogP contribution in [-0.4, -0.2) is 0 Å². The van der Waals surface area contributed by atoms with Gasteiger partial charge >= 0.3 is 0 Å². The summed E-state index contributed by atoms with van der Waals surface area (Å²) in [5.41, 5.74) is 3.71. The van der Waals surface area contributed by atoms with Crippen LogP contribution in [0.2, 0.25) is 0 Å². The molecule has 0 nitrogen and oxygen atoms in total. The quantitative estimate of drug-likeness (QED) is 0.696. The molecule has 2 aliphatic carbocycles. The molecule has 0 heteroatoms. The molecule has 1 aromatic rings. The fourth-order valence-corrected chi connectivity index (χ4v) is 3.99. The molecule has 1 aromatic carbocycles. The van der Waals surface area contributed by atoms with E-state index in [0.29, 0.717) is 5.41 Å². The Bertz CT molecular complexity index is 370. The van der Waals surface area contributed by atoms with Gasteiger partial charge in [-0.15, -0.1) is 0 Å². The molecule has 80 valence electrons. The largest absolute Gasteiger partial charge is 0.0651 e. The highest BCUT2D eigenvalue weighted by atomic mass is 14.9. The van der Waals surface area contributed by atoms with Crippen molar-refractivity contribution in [2.45, 2.75) is 39.0 Å². The number of fused-ring (bicyclic) bond motifs is 1. The van der Waals surface area contributed by atoms with Crippen molar-refractivity contribution in [3.05, 3.63) is 35.4 Å². The van der Waals surface area contributed by atoms with E-state index in [9.17, 15) is 0 Å². The maximum absolute atomic E-state index is 2.42. The minimum atomic E-state index is 0.626. The van der Waals surface area contributed by atoms with Gasteiger partial charge in [-0.05, 0) is 35.3 Å². The van der Waals surface area contributed by atoms with E-state index in [1.54, 1.807) is 5.56 Å². The molecule has 3 rings (SSSR count). The van der Waals surface area contributed by atoms with Gasteiger partial charge in [0.05, 0.1) is 0 Å². The molecular weight excluding hydrogens is 180 g/mol. The normalized spacial score (nSPS) is 41.1. The molecule has 0 heterocycles. The summed E-state index contributed by atoms with van der Waals surface area (Å²) in [5, 5.41) is 0. The summed E-state index contributed by atoms with van der Waals surface area (Å²) < 4.78 is 0. The van der Waals surface area contributed by atoms with Gasteiger partial charge in [-0.3, -0.25) is 0 Å². The van der Waals surface area contributed by atoms with Crippen LogP contribution in [0, 0.1) is 17.8 Å². The van der Waals surface area contributed by atoms with E-state index in [1.165, 1.54) is 12.0 Å². The summed E-state index contributed by atoms with van der Waals surface area (Å²) in [4.78, 5) is 0. The standard InChI is InChI=1S/C15H20/c1-4-11-6-8-12(9-7-11)15-10(3)14(15)13(15)5-2/h6-10,13-14H,4-5H2,1-3H3/t10?,13-,14?,15?/m1/s1.